The highest BCUT2D eigenvalue weighted by molar-refractivity contribution is 6.31. The minimum atomic E-state index is 0.339. The number of aromatic nitrogens is 2. The van der Waals surface area contributed by atoms with Gasteiger partial charge >= 0.3 is 0 Å². The van der Waals surface area contributed by atoms with Crippen LogP contribution in [0.15, 0.2) is 48.8 Å². The van der Waals surface area contributed by atoms with Crippen molar-refractivity contribution in [1.29, 1.82) is 5.26 Å². The number of nitriles is 1. The number of hydrogen-bond donors (Lipinski definition) is 0. The lowest BCUT2D eigenvalue weighted by molar-refractivity contribution is 0.220. The summed E-state index contributed by atoms with van der Waals surface area (Å²) in [4.78, 5) is 13.7. The maximum atomic E-state index is 8.93. The van der Waals surface area contributed by atoms with Crippen molar-refractivity contribution in [3.63, 3.8) is 0 Å². The van der Waals surface area contributed by atoms with Crippen LogP contribution >= 0.6 is 11.6 Å². The molecule has 27 heavy (non-hydrogen) atoms. The Labute approximate surface area is 163 Å². The molecule has 1 aliphatic heterocycles. The summed E-state index contributed by atoms with van der Waals surface area (Å²) >= 11 is 6.10. The minimum absolute atomic E-state index is 0.339. The number of hydrogen-bond acceptors (Lipinski definition) is 5. The zero-order valence-corrected chi connectivity index (χ0v) is 15.9. The molecule has 1 aliphatic rings. The highest BCUT2D eigenvalue weighted by Gasteiger charge is 2.26. The monoisotopic (exact) mass is 377 g/mol. The Morgan fingerprint density at radius 2 is 1.96 bits per heavy atom. The van der Waals surface area contributed by atoms with Crippen LogP contribution in [0, 0.1) is 11.3 Å². The molecular weight excluding hydrogens is 358 g/mol. The van der Waals surface area contributed by atoms with Crippen LogP contribution in [0.4, 0.5) is 5.82 Å². The van der Waals surface area contributed by atoms with Crippen molar-refractivity contribution < 1.29 is 0 Å². The minimum Gasteiger partial charge on any atom is -0.351 e. The number of halogens is 1. The maximum absolute atomic E-state index is 8.93. The highest BCUT2D eigenvalue weighted by atomic mass is 35.5. The van der Waals surface area contributed by atoms with Gasteiger partial charge in [-0.05, 0) is 42.8 Å². The van der Waals surface area contributed by atoms with Gasteiger partial charge in [-0.1, -0.05) is 23.7 Å². The first-order valence-corrected chi connectivity index (χ1v) is 9.40. The van der Waals surface area contributed by atoms with Crippen LogP contribution in [-0.4, -0.2) is 40.5 Å². The molecule has 0 amide bonds. The van der Waals surface area contributed by atoms with Crippen molar-refractivity contribution in [3.05, 3.63) is 64.9 Å². The topological polar surface area (TPSA) is 56.1 Å². The summed E-state index contributed by atoms with van der Waals surface area (Å²) in [5, 5.41) is 10.7. The van der Waals surface area contributed by atoms with Crippen LogP contribution in [0.2, 0.25) is 5.02 Å². The normalized spacial score (nSPS) is 17.8. The molecule has 0 N–H and O–H groups in total. The van der Waals surface area contributed by atoms with Crippen LogP contribution < -0.4 is 4.90 Å². The molecule has 0 aliphatic carbocycles. The van der Waals surface area contributed by atoms with Gasteiger partial charge in [0.05, 0.1) is 17.1 Å². The lowest BCUT2D eigenvalue weighted by atomic mass is 10.1. The van der Waals surface area contributed by atoms with Crippen LogP contribution in [0.3, 0.4) is 0 Å². The number of anilines is 1. The summed E-state index contributed by atoms with van der Waals surface area (Å²) in [6, 6.07) is 16.1. The van der Waals surface area contributed by atoms with Gasteiger partial charge in [0.2, 0.25) is 0 Å². The fourth-order valence-electron chi connectivity index (χ4n) is 3.68. The first-order valence-electron chi connectivity index (χ1n) is 9.02. The predicted octanol–water partition coefficient (Wildman–Crippen LogP) is 3.87. The molecule has 1 atom stereocenters. The molecule has 0 bridgehead atoms. The van der Waals surface area contributed by atoms with E-state index in [9.17, 15) is 0 Å². The Bertz CT molecular complexity index is 996. The second-order valence-corrected chi connectivity index (χ2v) is 7.38. The molecule has 136 valence electrons. The third-order valence-electron chi connectivity index (χ3n) is 5.05. The first-order chi connectivity index (χ1) is 13.1. The third kappa shape index (κ3) is 3.73. The molecule has 0 radical (unpaired) electrons. The van der Waals surface area contributed by atoms with Gasteiger partial charge in [-0.3, -0.25) is 4.90 Å². The van der Waals surface area contributed by atoms with Gasteiger partial charge in [-0.2, -0.15) is 5.26 Å². The number of piperazine rings is 1. The molecule has 1 aromatic heterocycles. The maximum Gasteiger partial charge on any atom is 0.140 e. The molecule has 6 heteroatoms. The second-order valence-electron chi connectivity index (χ2n) is 6.95. The molecular formula is C21H20ClN5. The molecule has 3 aromatic rings. The SMILES string of the molecule is C[C@H]1CN(Cc2ccc(C#N)cc2)CCN1c1ncnc2cc(Cl)ccc12. The van der Waals surface area contributed by atoms with Crippen molar-refractivity contribution in [2.45, 2.75) is 19.5 Å². The number of nitrogens with zero attached hydrogens (tertiary/aromatic N) is 5. The Hall–Kier alpha value is -2.68. The van der Waals surface area contributed by atoms with E-state index in [2.05, 4.69) is 32.8 Å². The molecule has 1 fully saturated rings. The van der Waals surface area contributed by atoms with Crippen LogP contribution in [0.1, 0.15) is 18.1 Å². The molecule has 0 unspecified atom stereocenters. The van der Waals surface area contributed by atoms with Crippen molar-refractivity contribution in [1.82, 2.24) is 14.9 Å². The van der Waals surface area contributed by atoms with Crippen LogP contribution in [0.5, 0.6) is 0 Å². The summed E-state index contributed by atoms with van der Waals surface area (Å²) in [5.74, 6) is 0.974. The van der Waals surface area contributed by atoms with E-state index in [0.29, 0.717) is 16.6 Å². The molecule has 2 heterocycles. The molecule has 1 saturated heterocycles. The fraction of sp³-hybridized carbons (Fsp3) is 0.286. The highest BCUT2D eigenvalue weighted by Crippen LogP contribution is 2.28. The fourth-order valence-corrected chi connectivity index (χ4v) is 3.85. The summed E-state index contributed by atoms with van der Waals surface area (Å²) in [6.07, 6.45) is 1.61. The number of benzene rings is 2. The zero-order chi connectivity index (χ0) is 18.8. The summed E-state index contributed by atoms with van der Waals surface area (Å²) < 4.78 is 0. The van der Waals surface area contributed by atoms with E-state index in [4.69, 9.17) is 16.9 Å². The summed E-state index contributed by atoms with van der Waals surface area (Å²) in [7, 11) is 0. The summed E-state index contributed by atoms with van der Waals surface area (Å²) in [5.41, 5.74) is 2.81. The summed E-state index contributed by atoms with van der Waals surface area (Å²) in [6.45, 7) is 5.95. The van der Waals surface area contributed by atoms with E-state index in [-0.39, 0.29) is 0 Å². The largest absolute Gasteiger partial charge is 0.351 e. The van der Waals surface area contributed by atoms with E-state index < -0.39 is 0 Å². The van der Waals surface area contributed by atoms with Gasteiger partial charge in [0.15, 0.2) is 0 Å². The first kappa shape index (κ1) is 17.7. The third-order valence-corrected chi connectivity index (χ3v) is 5.29. The van der Waals surface area contributed by atoms with Gasteiger partial charge in [0, 0.05) is 42.6 Å². The quantitative estimate of drug-likeness (QED) is 0.693. The Balaban J connectivity index is 1.50. The average Bonchev–Trinajstić information content (AvgIpc) is 2.68. The van der Waals surface area contributed by atoms with Crippen molar-refractivity contribution in [2.75, 3.05) is 24.5 Å². The molecule has 0 saturated carbocycles. The van der Waals surface area contributed by atoms with Crippen LogP contribution in [-0.2, 0) is 6.54 Å². The van der Waals surface area contributed by atoms with Gasteiger partial charge in [0.25, 0.3) is 0 Å². The lowest BCUT2D eigenvalue weighted by Gasteiger charge is -2.41. The lowest BCUT2D eigenvalue weighted by Crippen LogP contribution is -2.52. The standard InChI is InChI=1S/C21H20ClN5/c1-15-12-26(13-17-4-2-16(11-23)3-5-17)8-9-27(15)21-19-7-6-18(22)10-20(19)24-14-25-21/h2-7,10,14-15H,8-9,12-13H2,1H3/t15-/m0/s1. The Morgan fingerprint density at radius 3 is 2.70 bits per heavy atom. The van der Waals surface area contributed by atoms with Gasteiger partial charge in [-0.15, -0.1) is 0 Å². The van der Waals surface area contributed by atoms with Gasteiger partial charge in [-0.25, -0.2) is 9.97 Å². The second kappa shape index (κ2) is 7.51. The molecule has 0 spiro atoms. The van der Waals surface area contributed by atoms with E-state index in [1.54, 1.807) is 6.33 Å². The Kier molecular flexibility index (Phi) is 4.93. The molecule has 5 nitrogen and oxygen atoms in total. The Morgan fingerprint density at radius 1 is 1.15 bits per heavy atom. The molecule has 2 aromatic carbocycles. The predicted molar refractivity (Wildman–Crippen MR) is 108 cm³/mol. The van der Waals surface area contributed by atoms with Crippen molar-refractivity contribution >= 4 is 28.3 Å². The van der Waals surface area contributed by atoms with E-state index >= 15 is 0 Å². The van der Waals surface area contributed by atoms with Gasteiger partial charge in [0.1, 0.15) is 12.1 Å². The van der Waals surface area contributed by atoms with Crippen molar-refractivity contribution in [2.24, 2.45) is 0 Å². The number of fused-ring (bicyclic) bond motifs is 1. The smallest absolute Gasteiger partial charge is 0.140 e. The average molecular weight is 378 g/mol. The van der Waals surface area contributed by atoms with E-state index in [1.807, 2.05) is 42.5 Å². The molecule has 4 rings (SSSR count). The number of rotatable bonds is 3. The van der Waals surface area contributed by atoms with E-state index in [0.717, 1.165) is 42.9 Å². The van der Waals surface area contributed by atoms with Crippen LogP contribution in [0.25, 0.3) is 10.9 Å². The van der Waals surface area contributed by atoms with Gasteiger partial charge < -0.3 is 4.90 Å². The van der Waals surface area contributed by atoms with Crippen molar-refractivity contribution in [3.8, 4) is 6.07 Å². The zero-order valence-electron chi connectivity index (χ0n) is 15.1. The van der Waals surface area contributed by atoms with E-state index in [1.165, 1.54) is 5.56 Å².